The van der Waals surface area contributed by atoms with E-state index < -0.39 is 0 Å². The first-order chi connectivity index (χ1) is 12.2. The maximum Gasteiger partial charge on any atom is 0.179 e. The van der Waals surface area contributed by atoms with Crippen molar-refractivity contribution in [2.24, 2.45) is 0 Å². The zero-order valence-corrected chi connectivity index (χ0v) is 16.1. The Hall–Kier alpha value is -1.01. The monoisotopic (exact) mass is 368 g/mol. The molecule has 0 N–H and O–H groups in total. The third kappa shape index (κ3) is 4.59. The fourth-order valence-corrected chi connectivity index (χ4v) is 4.12. The van der Waals surface area contributed by atoms with Crippen LogP contribution in [0.15, 0.2) is 12.1 Å². The smallest absolute Gasteiger partial charge is 0.179 e. The summed E-state index contributed by atoms with van der Waals surface area (Å²) in [5.41, 5.74) is 1.10. The average Bonchev–Trinajstić information content (AvgIpc) is 2.65. The van der Waals surface area contributed by atoms with Crippen molar-refractivity contribution < 1.29 is 14.2 Å². The van der Waals surface area contributed by atoms with E-state index in [9.17, 15) is 0 Å². The molecule has 3 rings (SSSR count). The Morgan fingerprint density at radius 3 is 2.64 bits per heavy atom. The lowest BCUT2D eigenvalue weighted by molar-refractivity contribution is 0.0153. The van der Waals surface area contributed by atoms with Crippen LogP contribution in [0.4, 0.5) is 0 Å². The largest absolute Gasteiger partial charge is 0.493 e. The number of rotatable bonds is 6. The van der Waals surface area contributed by atoms with E-state index in [4.69, 9.17) is 25.8 Å². The van der Waals surface area contributed by atoms with E-state index in [0.29, 0.717) is 22.6 Å². The SMILES string of the molecule is COc1ccc(CN2CCCCC2CN2CCOCC2)c(Cl)c1OC. The number of morpholine rings is 1. The highest BCUT2D eigenvalue weighted by Gasteiger charge is 2.26. The molecule has 0 saturated carbocycles. The van der Waals surface area contributed by atoms with Gasteiger partial charge in [0.2, 0.25) is 0 Å². The second-order valence-electron chi connectivity index (χ2n) is 6.81. The van der Waals surface area contributed by atoms with Crippen molar-refractivity contribution in [3.8, 4) is 11.5 Å². The van der Waals surface area contributed by atoms with Crippen molar-refractivity contribution in [3.05, 3.63) is 22.7 Å². The van der Waals surface area contributed by atoms with Gasteiger partial charge in [-0.25, -0.2) is 0 Å². The number of hydrogen-bond acceptors (Lipinski definition) is 5. The van der Waals surface area contributed by atoms with E-state index in [1.165, 1.54) is 19.3 Å². The predicted molar refractivity (Wildman–Crippen MR) is 99.9 cm³/mol. The van der Waals surface area contributed by atoms with Gasteiger partial charge < -0.3 is 14.2 Å². The summed E-state index contributed by atoms with van der Waals surface area (Å²) in [4.78, 5) is 5.11. The van der Waals surface area contributed by atoms with Crippen LogP contribution in [-0.4, -0.2) is 69.5 Å². The van der Waals surface area contributed by atoms with Crippen molar-refractivity contribution in [3.63, 3.8) is 0 Å². The highest BCUT2D eigenvalue weighted by Crippen LogP contribution is 2.38. The molecular formula is C19H29ClN2O3. The van der Waals surface area contributed by atoms with Crippen LogP contribution in [0.25, 0.3) is 0 Å². The lowest BCUT2D eigenvalue weighted by Crippen LogP contribution is -2.49. The van der Waals surface area contributed by atoms with Gasteiger partial charge in [0.15, 0.2) is 11.5 Å². The minimum Gasteiger partial charge on any atom is -0.493 e. The quantitative estimate of drug-likeness (QED) is 0.771. The summed E-state index contributed by atoms with van der Waals surface area (Å²) in [6, 6.07) is 4.58. The summed E-state index contributed by atoms with van der Waals surface area (Å²) in [5.74, 6) is 1.31. The highest BCUT2D eigenvalue weighted by molar-refractivity contribution is 6.33. The number of nitrogens with zero attached hydrogens (tertiary/aromatic N) is 2. The molecule has 6 heteroatoms. The average molecular weight is 369 g/mol. The molecule has 2 heterocycles. The van der Waals surface area contributed by atoms with E-state index >= 15 is 0 Å². The van der Waals surface area contributed by atoms with Crippen LogP contribution >= 0.6 is 11.6 Å². The van der Waals surface area contributed by atoms with E-state index in [0.717, 1.165) is 51.5 Å². The zero-order chi connectivity index (χ0) is 17.6. The second kappa shape index (κ2) is 9.08. The van der Waals surface area contributed by atoms with Crippen LogP contribution in [0, 0.1) is 0 Å². The molecule has 2 aliphatic heterocycles. The van der Waals surface area contributed by atoms with Crippen LogP contribution in [0.5, 0.6) is 11.5 Å². The summed E-state index contributed by atoms with van der Waals surface area (Å²) in [5, 5.41) is 0.664. The van der Waals surface area contributed by atoms with Crippen molar-refractivity contribution >= 4 is 11.6 Å². The van der Waals surface area contributed by atoms with Gasteiger partial charge in [-0.2, -0.15) is 0 Å². The summed E-state index contributed by atoms with van der Waals surface area (Å²) in [7, 11) is 3.27. The summed E-state index contributed by atoms with van der Waals surface area (Å²) >= 11 is 6.59. The number of ether oxygens (including phenoxy) is 3. The van der Waals surface area contributed by atoms with Crippen LogP contribution in [0.1, 0.15) is 24.8 Å². The second-order valence-corrected chi connectivity index (χ2v) is 7.19. The van der Waals surface area contributed by atoms with Gasteiger partial charge in [0, 0.05) is 32.2 Å². The fourth-order valence-electron chi connectivity index (χ4n) is 3.83. The standard InChI is InChI=1S/C19H29ClN2O3/c1-23-17-7-6-15(18(20)19(17)24-2)13-22-8-4-3-5-16(22)14-21-9-11-25-12-10-21/h6-7,16H,3-5,8-14H2,1-2H3. The van der Waals surface area contributed by atoms with Crippen LogP contribution in [-0.2, 0) is 11.3 Å². The van der Waals surface area contributed by atoms with Crippen molar-refractivity contribution in [1.29, 1.82) is 0 Å². The van der Waals surface area contributed by atoms with Crippen molar-refractivity contribution in [2.45, 2.75) is 31.8 Å². The van der Waals surface area contributed by atoms with E-state index in [2.05, 4.69) is 15.9 Å². The topological polar surface area (TPSA) is 34.2 Å². The molecule has 0 aliphatic carbocycles. The molecule has 140 valence electrons. The molecule has 0 bridgehead atoms. The van der Waals surface area contributed by atoms with Crippen molar-refractivity contribution in [1.82, 2.24) is 9.80 Å². The van der Waals surface area contributed by atoms with Gasteiger partial charge in [-0.3, -0.25) is 9.80 Å². The first kappa shape index (κ1) is 18.8. The minimum atomic E-state index is 0.580. The number of likely N-dealkylation sites (tertiary alicyclic amines) is 1. The molecule has 0 radical (unpaired) electrons. The van der Waals surface area contributed by atoms with E-state index in [-0.39, 0.29) is 0 Å². The Bertz CT molecular complexity index is 564. The Labute approximate surface area is 155 Å². The predicted octanol–water partition coefficient (Wildman–Crippen LogP) is 3.04. The Balaban J connectivity index is 1.70. The third-order valence-corrected chi connectivity index (χ3v) is 5.67. The van der Waals surface area contributed by atoms with Gasteiger partial charge in [-0.05, 0) is 31.0 Å². The van der Waals surface area contributed by atoms with Gasteiger partial charge in [0.05, 0.1) is 32.5 Å². The number of methoxy groups -OCH3 is 2. The molecule has 25 heavy (non-hydrogen) atoms. The lowest BCUT2D eigenvalue weighted by Gasteiger charge is -2.39. The molecule has 5 nitrogen and oxygen atoms in total. The molecule has 2 saturated heterocycles. The molecule has 1 atom stereocenters. The molecule has 0 aromatic heterocycles. The van der Waals surface area contributed by atoms with Gasteiger partial charge in [-0.15, -0.1) is 0 Å². The number of hydrogen-bond donors (Lipinski definition) is 0. The maximum absolute atomic E-state index is 6.59. The third-order valence-electron chi connectivity index (χ3n) is 5.26. The highest BCUT2D eigenvalue weighted by atomic mass is 35.5. The van der Waals surface area contributed by atoms with Gasteiger partial charge >= 0.3 is 0 Å². The van der Waals surface area contributed by atoms with Gasteiger partial charge in [-0.1, -0.05) is 24.1 Å². The van der Waals surface area contributed by atoms with Crippen LogP contribution in [0.2, 0.25) is 5.02 Å². The van der Waals surface area contributed by atoms with E-state index in [1.54, 1.807) is 14.2 Å². The molecule has 1 aromatic rings. The molecule has 1 unspecified atom stereocenters. The number of piperidine rings is 1. The minimum absolute atomic E-state index is 0.580. The van der Waals surface area contributed by atoms with Gasteiger partial charge in [0.25, 0.3) is 0 Å². The number of benzene rings is 1. The van der Waals surface area contributed by atoms with Crippen LogP contribution in [0.3, 0.4) is 0 Å². The lowest BCUT2D eigenvalue weighted by atomic mass is 10.00. The summed E-state index contributed by atoms with van der Waals surface area (Å²) < 4.78 is 16.3. The zero-order valence-electron chi connectivity index (χ0n) is 15.3. The molecule has 0 amide bonds. The first-order valence-corrected chi connectivity index (χ1v) is 9.54. The fraction of sp³-hybridized carbons (Fsp3) is 0.684. The van der Waals surface area contributed by atoms with Crippen LogP contribution < -0.4 is 9.47 Å². The molecule has 2 fully saturated rings. The normalized spacial score (nSPS) is 22.8. The number of halogens is 1. The summed E-state index contributed by atoms with van der Waals surface area (Å²) in [6.45, 7) is 6.90. The van der Waals surface area contributed by atoms with Gasteiger partial charge in [0.1, 0.15) is 0 Å². The molecule has 1 aromatic carbocycles. The maximum atomic E-state index is 6.59. The Morgan fingerprint density at radius 1 is 1.12 bits per heavy atom. The van der Waals surface area contributed by atoms with E-state index in [1.807, 2.05) is 6.07 Å². The Morgan fingerprint density at radius 2 is 1.92 bits per heavy atom. The molecule has 0 spiro atoms. The first-order valence-electron chi connectivity index (χ1n) is 9.16. The van der Waals surface area contributed by atoms with Crippen molar-refractivity contribution in [2.75, 3.05) is 53.6 Å². The Kier molecular flexibility index (Phi) is 6.82. The summed E-state index contributed by atoms with van der Waals surface area (Å²) in [6.07, 6.45) is 3.82. The molecular weight excluding hydrogens is 340 g/mol. The molecule has 2 aliphatic rings.